The van der Waals surface area contributed by atoms with Gasteiger partial charge in [0, 0.05) is 24.4 Å². The Morgan fingerprint density at radius 2 is 1.92 bits per heavy atom. The third kappa shape index (κ3) is 3.88. The zero-order chi connectivity index (χ0) is 18.7. The number of unbranched alkanes of at least 4 members (excludes halogenated alkanes) is 2. The number of rotatable bonds is 7. The molecule has 138 valence electrons. The second-order valence-electron chi connectivity index (χ2n) is 6.16. The van der Waals surface area contributed by atoms with Crippen molar-refractivity contribution in [3.05, 3.63) is 55.7 Å². The second kappa shape index (κ2) is 8.14. The summed E-state index contributed by atoms with van der Waals surface area (Å²) in [5.41, 5.74) is 1.17. The number of aromatic nitrogens is 4. The van der Waals surface area contributed by atoms with Crippen LogP contribution in [-0.4, -0.2) is 19.1 Å². The van der Waals surface area contributed by atoms with Gasteiger partial charge in [-0.3, -0.25) is 14.3 Å². The zero-order valence-corrected chi connectivity index (χ0v) is 16.4. The molecule has 0 amide bonds. The van der Waals surface area contributed by atoms with Crippen LogP contribution in [0.5, 0.6) is 0 Å². The fourth-order valence-corrected chi connectivity index (χ4v) is 3.88. The van der Waals surface area contributed by atoms with E-state index in [1.54, 1.807) is 18.8 Å². The molecule has 1 aromatic carbocycles. The number of nitrogens with one attached hydrogen (secondary N) is 1. The number of halogens is 1. The molecular formula is C18H21ClN4O2S. The molecule has 0 fully saturated rings. The fourth-order valence-electron chi connectivity index (χ4n) is 2.78. The third-order valence-corrected chi connectivity index (χ3v) is 5.54. The minimum absolute atomic E-state index is 0.384. The highest BCUT2D eigenvalue weighted by Crippen LogP contribution is 2.26. The van der Waals surface area contributed by atoms with Gasteiger partial charge in [-0.2, -0.15) is 0 Å². The van der Waals surface area contributed by atoms with Gasteiger partial charge in [0.15, 0.2) is 16.3 Å². The third-order valence-electron chi connectivity index (χ3n) is 4.24. The van der Waals surface area contributed by atoms with E-state index < -0.39 is 5.69 Å². The molecule has 0 bridgehead atoms. The van der Waals surface area contributed by atoms with Crippen molar-refractivity contribution in [2.75, 3.05) is 0 Å². The van der Waals surface area contributed by atoms with Gasteiger partial charge in [0.05, 0.1) is 0 Å². The first-order valence-corrected chi connectivity index (χ1v) is 9.94. The van der Waals surface area contributed by atoms with Crippen LogP contribution in [0.2, 0.25) is 5.02 Å². The molecule has 1 N–H and O–H groups in total. The predicted octanol–water partition coefficient (Wildman–Crippen LogP) is 3.56. The van der Waals surface area contributed by atoms with Crippen LogP contribution >= 0.6 is 23.4 Å². The molecule has 6 nitrogen and oxygen atoms in total. The van der Waals surface area contributed by atoms with E-state index in [1.165, 1.54) is 4.57 Å². The predicted molar refractivity (Wildman–Crippen MR) is 106 cm³/mol. The first kappa shape index (κ1) is 18.8. The van der Waals surface area contributed by atoms with Crippen molar-refractivity contribution in [1.29, 1.82) is 0 Å². The van der Waals surface area contributed by atoms with Gasteiger partial charge >= 0.3 is 5.69 Å². The molecule has 0 saturated heterocycles. The van der Waals surface area contributed by atoms with E-state index in [0.717, 1.165) is 30.0 Å². The van der Waals surface area contributed by atoms with Crippen molar-refractivity contribution in [3.63, 3.8) is 0 Å². The molecule has 3 rings (SSSR count). The molecule has 0 aliphatic heterocycles. The lowest BCUT2D eigenvalue weighted by molar-refractivity contribution is 0.577. The number of aryl methyl sites for hydroxylation is 2. The number of benzene rings is 1. The summed E-state index contributed by atoms with van der Waals surface area (Å²) in [6.07, 6.45) is 3.12. The SMILES string of the molecule is CCCCCn1c(SCc2ccc(Cl)cc2)nc2c1c(=O)[nH]c(=O)n2C. The number of H-pyrrole nitrogens is 1. The number of imidazole rings is 1. The Bertz CT molecular complexity index is 1020. The van der Waals surface area contributed by atoms with Crippen LogP contribution in [0.25, 0.3) is 11.2 Å². The molecule has 0 aliphatic carbocycles. The number of aromatic amines is 1. The summed E-state index contributed by atoms with van der Waals surface area (Å²) in [6, 6.07) is 7.66. The molecule has 0 atom stereocenters. The van der Waals surface area contributed by atoms with E-state index in [4.69, 9.17) is 11.6 Å². The van der Waals surface area contributed by atoms with Crippen LogP contribution < -0.4 is 11.2 Å². The molecule has 8 heteroatoms. The van der Waals surface area contributed by atoms with Gasteiger partial charge in [0.25, 0.3) is 5.56 Å². The van der Waals surface area contributed by atoms with Crippen molar-refractivity contribution in [2.24, 2.45) is 7.05 Å². The molecule has 0 saturated carbocycles. The van der Waals surface area contributed by atoms with Gasteiger partial charge < -0.3 is 4.57 Å². The number of nitrogens with zero attached hydrogens (tertiary/aromatic N) is 3. The summed E-state index contributed by atoms with van der Waals surface area (Å²) in [4.78, 5) is 31.2. The maximum Gasteiger partial charge on any atom is 0.329 e. The molecule has 2 heterocycles. The Morgan fingerprint density at radius 3 is 2.62 bits per heavy atom. The van der Waals surface area contributed by atoms with Crippen LogP contribution in [0.4, 0.5) is 0 Å². The highest BCUT2D eigenvalue weighted by Gasteiger charge is 2.17. The van der Waals surface area contributed by atoms with Crippen molar-refractivity contribution in [1.82, 2.24) is 19.1 Å². The Hall–Kier alpha value is -1.99. The normalized spacial score (nSPS) is 11.3. The Kier molecular flexibility index (Phi) is 5.88. The molecular weight excluding hydrogens is 372 g/mol. The topological polar surface area (TPSA) is 72.7 Å². The highest BCUT2D eigenvalue weighted by molar-refractivity contribution is 7.98. The molecule has 26 heavy (non-hydrogen) atoms. The lowest BCUT2D eigenvalue weighted by Gasteiger charge is -2.08. The summed E-state index contributed by atoms with van der Waals surface area (Å²) >= 11 is 7.49. The van der Waals surface area contributed by atoms with Gasteiger partial charge in [0.2, 0.25) is 0 Å². The first-order chi connectivity index (χ1) is 12.5. The van der Waals surface area contributed by atoms with E-state index in [-0.39, 0.29) is 5.56 Å². The first-order valence-electron chi connectivity index (χ1n) is 8.58. The van der Waals surface area contributed by atoms with Crippen molar-refractivity contribution < 1.29 is 0 Å². The maximum atomic E-state index is 12.4. The van der Waals surface area contributed by atoms with Crippen LogP contribution in [0.15, 0.2) is 39.0 Å². The molecule has 0 spiro atoms. The van der Waals surface area contributed by atoms with E-state index >= 15 is 0 Å². The highest BCUT2D eigenvalue weighted by atomic mass is 35.5. The molecule has 2 aromatic heterocycles. The van der Waals surface area contributed by atoms with Crippen LogP contribution in [-0.2, 0) is 19.3 Å². The van der Waals surface area contributed by atoms with Crippen LogP contribution in [0.3, 0.4) is 0 Å². The van der Waals surface area contributed by atoms with Gasteiger partial charge in [-0.15, -0.1) is 0 Å². The summed E-state index contributed by atoms with van der Waals surface area (Å²) in [6.45, 7) is 2.84. The quantitative estimate of drug-likeness (QED) is 0.493. The Morgan fingerprint density at radius 1 is 1.19 bits per heavy atom. The smallest absolute Gasteiger partial charge is 0.313 e. The van der Waals surface area contributed by atoms with Gasteiger partial charge in [-0.05, 0) is 24.1 Å². The monoisotopic (exact) mass is 392 g/mol. The van der Waals surface area contributed by atoms with Gasteiger partial charge in [0.1, 0.15) is 0 Å². The fraction of sp³-hybridized carbons (Fsp3) is 0.389. The number of hydrogen-bond donors (Lipinski definition) is 1. The minimum Gasteiger partial charge on any atom is -0.313 e. The average molecular weight is 393 g/mol. The summed E-state index contributed by atoms with van der Waals surface area (Å²) < 4.78 is 3.32. The van der Waals surface area contributed by atoms with E-state index in [0.29, 0.717) is 28.5 Å². The summed E-state index contributed by atoms with van der Waals surface area (Å²) in [5.74, 6) is 0.708. The maximum absolute atomic E-state index is 12.4. The minimum atomic E-state index is -0.449. The molecule has 0 aliphatic rings. The molecule has 0 unspecified atom stereocenters. The summed E-state index contributed by atoms with van der Waals surface area (Å²) in [7, 11) is 1.62. The number of hydrogen-bond acceptors (Lipinski definition) is 4. The Labute approximate surface area is 160 Å². The van der Waals surface area contributed by atoms with E-state index in [9.17, 15) is 9.59 Å². The Balaban J connectivity index is 1.99. The average Bonchev–Trinajstić information content (AvgIpc) is 2.99. The van der Waals surface area contributed by atoms with Crippen molar-refractivity contribution in [3.8, 4) is 0 Å². The van der Waals surface area contributed by atoms with E-state index in [1.807, 2.05) is 28.8 Å². The van der Waals surface area contributed by atoms with E-state index in [2.05, 4.69) is 16.9 Å². The summed E-state index contributed by atoms with van der Waals surface area (Å²) in [5, 5.41) is 1.45. The number of fused-ring (bicyclic) bond motifs is 1. The molecule has 3 aromatic rings. The van der Waals surface area contributed by atoms with Crippen LogP contribution in [0, 0.1) is 0 Å². The van der Waals surface area contributed by atoms with Crippen LogP contribution in [0.1, 0.15) is 31.7 Å². The largest absolute Gasteiger partial charge is 0.329 e. The zero-order valence-electron chi connectivity index (χ0n) is 14.8. The van der Waals surface area contributed by atoms with Crippen molar-refractivity contribution >= 4 is 34.5 Å². The molecule has 0 radical (unpaired) electrons. The number of thioether (sulfide) groups is 1. The van der Waals surface area contributed by atoms with Crippen molar-refractivity contribution in [2.45, 2.75) is 43.6 Å². The second-order valence-corrected chi connectivity index (χ2v) is 7.54. The standard InChI is InChI=1S/C18H21ClN4O2S/c1-3-4-5-10-23-14-15(22(2)17(25)21-16(14)24)20-18(23)26-11-12-6-8-13(19)9-7-12/h6-9H,3-5,10-11H2,1-2H3,(H,21,24,25). The lowest BCUT2D eigenvalue weighted by atomic mass is 10.2. The lowest BCUT2D eigenvalue weighted by Crippen LogP contribution is -2.29. The van der Waals surface area contributed by atoms with Gasteiger partial charge in [-0.1, -0.05) is 55.3 Å². The van der Waals surface area contributed by atoms with Gasteiger partial charge in [-0.25, -0.2) is 9.78 Å².